The van der Waals surface area contributed by atoms with E-state index in [1.807, 2.05) is 60.2 Å². The number of likely N-dealkylation sites (tertiary alicyclic amines) is 1. The van der Waals surface area contributed by atoms with Crippen LogP contribution in [0.15, 0.2) is 42.5 Å². The van der Waals surface area contributed by atoms with Crippen LogP contribution in [0.25, 0.3) is 11.1 Å². The summed E-state index contributed by atoms with van der Waals surface area (Å²) < 4.78 is 11.5. The van der Waals surface area contributed by atoms with E-state index in [4.69, 9.17) is 9.47 Å². The molecule has 0 saturated carbocycles. The van der Waals surface area contributed by atoms with Gasteiger partial charge in [-0.05, 0) is 67.5 Å². The summed E-state index contributed by atoms with van der Waals surface area (Å²) >= 11 is 0. The number of ether oxygens (including phenoxy) is 2. The van der Waals surface area contributed by atoms with Gasteiger partial charge < -0.3 is 19.3 Å². The minimum absolute atomic E-state index is 0.0749. The van der Waals surface area contributed by atoms with Crippen LogP contribution in [0.1, 0.15) is 48.5 Å². The molecule has 1 spiro atoms. The highest BCUT2D eigenvalue weighted by molar-refractivity contribution is 5.97. The number of benzene rings is 2. The molecule has 2 aromatic rings. The van der Waals surface area contributed by atoms with Crippen LogP contribution in [0.5, 0.6) is 5.75 Å². The van der Waals surface area contributed by atoms with Gasteiger partial charge in [0.15, 0.2) is 0 Å². The Kier molecular flexibility index (Phi) is 6.75. The molecular weight excluding hydrogens is 416 g/mol. The molecule has 2 aliphatic heterocycles. The van der Waals surface area contributed by atoms with Crippen LogP contribution in [0.3, 0.4) is 0 Å². The molecule has 0 aliphatic carbocycles. The number of carbonyl (C=O) groups excluding carboxylic acids is 2. The van der Waals surface area contributed by atoms with Gasteiger partial charge >= 0.3 is 0 Å². The molecule has 0 unspecified atom stereocenters. The molecule has 6 heteroatoms. The van der Waals surface area contributed by atoms with Gasteiger partial charge in [0.05, 0.1) is 12.7 Å². The van der Waals surface area contributed by atoms with E-state index in [0.29, 0.717) is 19.7 Å². The van der Waals surface area contributed by atoms with Crippen molar-refractivity contribution >= 4 is 11.8 Å². The highest BCUT2D eigenvalue weighted by Crippen LogP contribution is 2.37. The molecule has 2 saturated heterocycles. The third-order valence-electron chi connectivity index (χ3n) is 7.44. The van der Waals surface area contributed by atoms with E-state index >= 15 is 0 Å². The minimum atomic E-state index is -0.233. The normalized spacial score (nSPS) is 19.9. The molecule has 6 nitrogen and oxygen atoms in total. The van der Waals surface area contributed by atoms with E-state index in [0.717, 1.165) is 53.7 Å². The predicted molar refractivity (Wildman–Crippen MR) is 128 cm³/mol. The molecular formula is C27H34N2O4. The zero-order valence-corrected chi connectivity index (χ0v) is 20.1. The molecule has 0 bridgehead atoms. The zero-order valence-electron chi connectivity index (χ0n) is 20.1. The van der Waals surface area contributed by atoms with Crippen molar-refractivity contribution in [1.29, 1.82) is 0 Å². The first-order valence-corrected chi connectivity index (χ1v) is 11.7. The maximum absolute atomic E-state index is 13.4. The topological polar surface area (TPSA) is 59.1 Å². The SMILES string of the molecule is COc1ccc(-c2cccc(C(=O)N3CCC4(CC3)C[C@H](N(C)C(C)=O)CCO4)c2C)cc1. The van der Waals surface area contributed by atoms with Gasteiger partial charge in [0, 0.05) is 45.3 Å². The summed E-state index contributed by atoms with van der Waals surface area (Å²) in [6.07, 6.45) is 3.32. The lowest BCUT2D eigenvalue weighted by Gasteiger charge is -2.47. The van der Waals surface area contributed by atoms with Gasteiger partial charge in [-0.3, -0.25) is 9.59 Å². The standard InChI is InChI=1S/C27H34N2O4/c1-19-24(21-8-10-23(32-4)11-9-21)6-5-7-25(19)26(31)29-15-13-27(14-16-29)18-22(12-17-33-27)28(3)20(2)30/h5-11,22H,12-18H2,1-4H3/t22-/m1/s1. The van der Waals surface area contributed by atoms with E-state index in [1.54, 1.807) is 14.0 Å². The van der Waals surface area contributed by atoms with Crippen LogP contribution in [0.4, 0.5) is 0 Å². The minimum Gasteiger partial charge on any atom is -0.497 e. The number of rotatable bonds is 4. The molecule has 2 heterocycles. The van der Waals surface area contributed by atoms with Crippen LogP contribution >= 0.6 is 0 Å². The van der Waals surface area contributed by atoms with Crippen LogP contribution < -0.4 is 4.74 Å². The second kappa shape index (κ2) is 9.56. The lowest BCUT2D eigenvalue weighted by Crippen LogP contribution is -2.54. The monoisotopic (exact) mass is 450 g/mol. The van der Waals surface area contributed by atoms with Crippen molar-refractivity contribution in [1.82, 2.24) is 9.80 Å². The van der Waals surface area contributed by atoms with Gasteiger partial charge in [0.1, 0.15) is 5.75 Å². The van der Waals surface area contributed by atoms with Gasteiger partial charge in [-0.15, -0.1) is 0 Å². The van der Waals surface area contributed by atoms with Gasteiger partial charge in [-0.25, -0.2) is 0 Å². The smallest absolute Gasteiger partial charge is 0.254 e. The molecule has 33 heavy (non-hydrogen) atoms. The van der Waals surface area contributed by atoms with Gasteiger partial charge in [-0.2, -0.15) is 0 Å². The second-order valence-electron chi connectivity index (χ2n) is 9.31. The molecule has 0 aromatic heterocycles. The summed E-state index contributed by atoms with van der Waals surface area (Å²) in [6.45, 7) is 5.64. The van der Waals surface area contributed by atoms with E-state index in [1.165, 1.54) is 0 Å². The lowest BCUT2D eigenvalue weighted by molar-refractivity contribution is -0.145. The van der Waals surface area contributed by atoms with Crippen molar-refractivity contribution in [2.75, 3.05) is 33.9 Å². The van der Waals surface area contributed by atoms with E-state index in [9.17, 15) is 9.59 Å². The van der Waals surface area contributed by atoms with Crippen molar-refractivity contribution in [3.8, 4) is 16.9 Å². The van der Waals surface area contributed by atoms with Gasteiger partial charge in [0.2, 0.25) is 5.91 Å². The van der Waals surface area contributed by atoms with E-state index < -0.39 is 0 Å². The summed E-state index contributed by atoms with van der Waals surface area (Å²) in [5, 5.41) is 0. The Morgan fingerprint density at radius 3 is 2.45 bits per heavy atom. The summed E-state index contributed by atoms with van der Waals surface area (Å²) in [5.74, 6) is 0.982. The van der Waals surface area contributed by atoms with Crippen LogP contribution in [-0.2, 0) is 9.53 Å². The molecule has 176 valence electrons. The first-order valence-electron chi connectivity index (χ1n) is 11.7. The van der Waals surface area contributed by atoms with Crippen molar-refractivity contribution in [3.05, 3.63) is 53.6 Å². The van der Waals surface area contributed by atoms with Crippen molar-refractivity contribution in [2.24, 2.45) is 0 Å². The van der Waals surface area contributed by atoms with Gasteiger partial charge in [0.25, 0.3) is 5.91 Å². The van der Waals surface area contributed by atoms with Crippen LogP contribution in [0.2, 0.25) is 0 Å². The highest BCUT2D eigenvalue weighted by atomic mass is 16.5. The highest BCUT2D eigenvalue weighted by Gasteiger charge is 2.42. The molecule has 4 rings (SSSR count). The predicted octanol–water partition coefficient (Wildman–Crippen LogP) is 4.30. The largest absolute Gasteiger partial charge is 0.497 e. The van der Waals surface area contributed by atoms with Crippen LogP contribution in [0, 0.1) is 6.92 Å². The number of piperidine rings is 1. The third-order valence-corrected chi connectivity index (χ3v) is 7.44. The second-order valence-corrected chi connectivity index (χ2v) is 9.31. The first-order chi connectivity index (χ1) is 15.8. The third kappa shape index (κ3) is 4.76. The van der Waals surface area contributed by atoms with Gasteiger partial charge in [-0.1, -0.05) is 24.3 Å². The molecule has 0 radical (unpaired) electrons. The molecule has 2 amide bonds. The Labute approximate surface area is 196 Å². The average Bonchev–Trinajstić information content (AvgIpc) is 2.84. The van der Waals surface area contributed by atoms with Crippen molar-refractivity contribution in [3.63, 3.8) is 0 Å². The maximum Gasteiger partial charge on any atom is 0.254 e. The zero-order chi connectivity index (χ0) is 23.6. The van der Waals surface area contributed by atoms with Crippen molar-refractivity contribution in [2.45, 2.75) is 51.2 Å². The number of nitrogens with zero attached hydrogens (tertiary/aromatic N) is 2. The number of methoxy groups -OCH3 is 1. The molecule has 2 aliphatic rings. The molecule has 1 atom stereocenters. The van der Waals surface area contributed by atoms with E-state index in [2.05, 4.69) is 6.07 Å². The fourth-order valence-electron chi connectivity index (χ4n) is 5.18. The fraction of sp³-hybridized carbons (Fsp3) is 0.481. The van der Waals surface area contributed by atoms with Crippen molar-refractivity contribution < 1.29 is 19.1 Å². The summed E-state index contributed by atoms with van der Waals surface area (Å²) in [7, 11) is 3.53. The number of hydrogen-bond donors (Lipinski definition) is 0. The number of hydrogen-bond acceptors (Lipinski definition) is 4. The Morgan fingerprint density at radius 1 is 1.12 bits per heavy atom. The number of carbonyl (C=O) groups is 2. The maximum atomic E-state index is 13.4. The fourth-order valence-corrected chi connectivity index (χ4v) is 5.18. The lowest BCUT2D eigenvalue weighted by atomic mass is 9.81. The summed E-state index contributed by atoms with van der Waals surface area (Å²) in [4.78, 5) is 29.1. The Morgan fingerprint density at radius 2 is 1.82 bits per heavy atom. The molecule has 2 fully saturated rings. The Bertz CT molecular complexity index is 1010. The Hall–Kier alpha value is -2.86. The van der Waals surface area contributed by atoms with Crippen LogP contribution in [-0.4, -0.2) is 67.1 Å². The molecule has 2 aromatic carbocycles. The first kappa shape index (κ1) is 23.3. The average molecular weight is 451 g/mol. The Balaban J connectivity index is 1.46. The van der Waals surface area contributed by atoms with E-state index in [-0.39, 0.29) is 23.5 Å². The number of amides is 2. The summed E-state index contributed by atoms with van der Waals surface area (Å²) in [6, 6.07) is 14.1. The molecule has 0 N–H and O–H groups in total. The quantitative estimate of drug-likeness (QED) is 0.697. The summed E-state index contributed by atoms with van der Waals surface area (Å²) in [5.41, 5.74) is 3.63.